The molecule has 1 aliphatic heterocycles. The van der Waals surface area contributed by atoms with Crippen molar-refractivity contribution in [3.8, 4) is 11.5 Å². The van der Waals surface area contributed by atoms with Gasteiger partial charge in [-0.3, -0.25) is 9.59 Å². The molecule has 29 heavy (non-hydrogen) atoms. The highest BCUT2D eigenvalue weighted by Crippen LogP contribution is 2.25. The van der Waals surface area contributed by atoms with E-state index >= 15 is 0 Å². The summed E-state index contributed by atoms with van der Waals surface area (Å²) in [7, 11) is 1.52. The molecule has 1 aliphatic rings. The Morgan fingerprint density at radius 2 is 1.79 bits per heavy atom. The SMILES string of the molecule is COc1ccccc1OCC(=O)NC1CCN(C(=O)c2ccc(F)cc2F)CC1. The van der Waals surface area contributed by atoms with E-state index in [0.29, 0.717) is 43.5 Å². The lowest BCUT2D eigenvalue weighted by Crippen LogP contribution is -2.47. The molecule has 0 aromatic heterocycles. The summed E-state index contributed by atoms with van der Waals surface area (Å²) in [4.78, 5) is 26.1. The van der Waals surface area contributed by atoms with Crippen molar-refractivity contribution < 1.29 is 27.8 Å². The highest BCUT2D eigenvalue weighted by Gasteiger charge is 2.26. The minimum Gasteiger partial charge on any atom is -0.493 e. The number of para-hydroxylation sites is 2. The molecule has 154 valence electrons. The van der Waals surface area contributed by atoms with E-state index in [1.807, 2.05) is 0 Å². The molecule has 2 aromatic rings. The third-order valence-corrected chi connectivity index (χ3v) is 4.74. The number of halogens is 2. The quantitative estimate of drug-likeness (QED) is 0.804. The fraction of sp³-hybridized carbons (Fsp3) is 0.333. The van der Waals surface area contributed by atoms with Crippen molar-refractivity contribution in [3.63, 3.8) is 0 Å². The normalized spacial score (nSPS) is 14.4. The monoisotopic (exact) mass is 404 g/mol. The van der Waals surface area contributed by atoms with Crippen LogP contribution < -0.4 is 14.8 Å². The highest BCUT2D eigenvalue weighted by molar-refractivity contribution is 5.94. The van der Waals surface area contributed by atoms with Crippen molar-refractivity contribution in [1.29, 1.82) is 0 Å². The lowest BCUT2D eigenvalue weighted by atomic mass is 10.0. The van der Waals surface area contributed by atoms with Gasteiger partial charge >= 0.3 is 0 Å². The number of nitrogens with zero attached hydrogens (tertiary/aromatic N) is 1. The topological polar surface area (TPSA) is 67.9 Å². The molecule has 2 amide bonds. The summed E-state index contributed by atoms with van der Waals surface area (Å²) in [5.41, 5.74) is -0.154. The van der Waals surface area contributed by atoms with E-state index in [-0.39, 0.29) is 24.1 Å². The van der Waals surface area contributed by atoms with Crippen molar-refractivity contribution in [2.24, 2.45) is 0 Å². The van der Waals surface area contributed by atoms with Crippen LogP contribution in [-0.4, -0.2) is 49.6 Å². The molecule has 0 saturated carbocycles. The molecular formula is C21H22F2N2O4. The van der Waals surface area contributed by atoms with E-state index in [1.165, 1.54) is 12.0 Å². The Kier molecular flexibility index (Phi) is 6.64. The second-order valence-electron chi connectivity index (χ2n) is 6.70. The maximum Gasteiger partial charge on any atom is 0.258 e. The number of carbonyl (C=O) groups excluding carboxylic acids is 2. The average molecular weight is 404 g/mol. The minimum absolute atomic E-state index is 0.106. The first-order valence-corrected chi connectivity index (χ1v) is 9.27. The third kappa shape index (κ3) is 5.22. The molecule has 0 radical (unpaired) electrons. The predicted molar refractivity (Wildman–Crippen MR) is 102 cm³/mol. The Morgan fingerprint density at radius 3 is 2.45 bits per heavy atom. The Hall–Kier alpha value is -3.16. The maximum absolute atomic E-state index is 13.8. The van der Waals surface area contributed by atoms with Gasteiger partial charge in [-0.2, -0.15) is 0 Å². The number of amides is 2. The molecule has 1 heterocycles. The minimum atomic E-state index is -0.876. The second kappa shape index (κ2) is 9.36. The molecule has 0 atom stereocenters. The molecule has 0 aliphatic carbocycles. The number of carbonyl (C=O) groups is 2. The van der Waals surface area contributed by atoms with Crippen LogP contribution >= 0.6 is 0 Å². The Labute approximate surface area is 167 Å². The van der Waals surface area contributed by atoms with Gasteiger partial charge in [0.05, 0.1) is 12.7 Å². The number of piperidine rings is 1. The van der Waals surface area contributed by atoms with E-state index < -0.39 is 17.5 Å². The van der Waals surface area contributed by atoms with Gasteiger partial charge < -0.3 is 19.7 Å². The Bertz CT molecular complexity index is 883. The number of ether oxygens (including phenoxy) is 2. The molecule has 2 aromatic carbocycles. The van der Waals surface area contributed by atoms with Crippen molar-refractivity contribution >= 4 is 11.8 Å². The van der Waals surface area contributed by atoms with Crippen LogP contribution in [-0.2, 0) is 4.79 Å². The number of hydrogen-bond donors (Lipinski definition) is 1. The van der Waals surface area contributed by atoms with Crippen LogP contribution in [0, 0.1) is 11.6 Å². The van der Waals surface area contributed by atoms with Gasteiger partial charge in [0.25, 0.3) is 11.8 Å². The van der Waals surface area contributed by atoms with Gasteiger partial charge in [-0.05, 0) is 37.1 Å². The van der Waals surface area contributed by atoms with Crippen LogP contribution in [0.25, 0.3) is 0 Å². The smallest absolute Gasteiger partial charge is 0.258 e. The van der Waals surface area contributed by atoms with Crippen LogP contribution in [0.2, 0.25) is 0 Å². The number of likely N-dealkylation sites (tertiary alicyclic amines) is 1. The molecule has 1 saturated heterocycles. The fourth-order valence-electron chi connectivity index (χ4n) is 3.21. The number of benzene rings is 2. The van der Waals surface area contributed by atoms with Crippen molar-refractivity contribution in [1.82, 2.24) is 10.2 Å². The van der Waals surface area contributed by atoms with Gasteiger partial charge in [-0.25, -0.2) is 8.78 Å². The molecule has 3 rings (SSSR count). The summed E-state index contributed by atoms with van der Waals surface area (Å²) in [6, 6.07) is 9.84. The van der Waals surface area contributed by atoms with E-state index in [2.05, 4.69) is 5.32 Å². The molecule has 0 unspecified atom stereocenters. The largest absolute Gasteiger partial charge is 0.493 e. The van der Waals surface area contributed by atoms with Gasteiger partial charge in [0, 0.05) is 25.2 Å². The highest BCUT2D eigenvalue weighted by atomic mass is 19.1. The van der Waals surface area contributed by atoms with Gasteiger partial charge in [-0.1, -0.05) is 12.1 Å². The van der Waals surface area contributed by atoms with E-state index in [9.17, 15) is 18.4 Å². The van der Waals surface area contributed by atoms with Crippen molar-refractivity contribution in [2.45, 2.75) is 18.9 Å². The molecule has 6 nitrogen and oxygen atoms in total. The van der Waals surface area contributed by atoms with Gasteiger partial charge in [0.2, 0.25) is 0 Å². The lowest BCUT2D eigenvalue weighted by Gasteiger charge is -2.32. The Balaban J connectivity index is 1.47. The third-order valence-electron chi connectivity index (χ3n) is 4.74. The van der Waals surface area contributed by atoms with Crippen LogP contribution in [0.4, 0.5) is 8.78 Å². The molecule has 1 N–H and O–H groups in total. The molecule has 8 heteroatoms. The number of rotatable bonds is 6. The number of nitrogens with one attached hydrogen (secondary N) is 1. The first kappa shape index (κ1) is 20.6. The summed E-state index contributed by atoms with van der Waals surface area (Å²) in [5.74, 6) is -1.33. The van der Waals surface area contributed by atoms with E-state index in [4.69, 9.17) is 9.47 Å². The summed E-state index contributed by atoms with van der Waals surface area (Å²) in [6.07, 6.45) is 1.07. The molecule has 1 fully saturated rings. The Morgan fingerprint density at radius 1 is 1.10 bits per heavy atom. The molecule has 0 bridgehead atoms. The van der Waals surface area contributed by atoms with E-state index in [0.717, 1.165) is 12.1 Å². The van der Waals surface area contributed by atoms with Crippen LogP contribution in [0.3, 0.4) is 0 Å². The van der Waals surface area contributed by atoms with Gasteiger partial charge in [0.15, 0.2) is 18.1 Å². The zero-order valence-electron chi connectivity index (χ0n) is 16.0. The summed E-state index contributed by atoms with van der Waals surface area (Å²) in [5, 5.41) is 2.88. The standard InChI is InChI=1S/C21H22F2N2O4/c1-28-18-4-2-3-5-19(18)29-13-20(26)24-15-8-10-25(11-9-15)21(27)16-7-6-14(22)12-17(16)23/h2-7,12,15H,8-11,13H2,1H3,(H,24,26). The lowest BCUT2D eigenvalue weighted by molar-refractivity contribution is -0.124. The molecular weight excluding hydrogens is 382 g/mol. The average Bonchev–Trinajstić information content (AvgIpc) is 2.72. The van der Waals surface area contributed by atoms with Crippen LogP contribution in [0.1, 0.15) is 23.2 Å². The summed E-state index contributed by atoms with van der Waals surface area (Å²) >= 11 is 0. The fourth-order valence-corrected chi connectivity index (χ4v) is 3.21. The predicted octanol–water partition coefficient (Wildman–Crippen LogP) is 2.77. The van der Waals surface area contributed by atoms with Crippen molar-refractivity contribution in [3.05, 3.63) is 59.7 Å². The number of hydrogen-bond acceptors (Lipinski definition) is 4. The van der Waals surface area contributed by atoms with Gasteiger partial charge in [0.1, 0.15) is 11.6 Å². The summed E-state index contributed by atoms with van der Waals surface area (Å²) < 4.78 is 37.5. The first-order valence-electron chi connectivity index (χ1n) is 9.27. The van der Waals surface area contributed by atoms with Crippen molar-refractivity contribution in [2.75, 3.05) is 26.8 Å². The molecule has 0 spiro atoms. The van der Waals surface area contributed by atoms with E-state index in [1.54, 1.807) is 24.3 Å². The maximum atomic E-state index is 13.8. The van der Waals surface area contributed by atoms with Crippen LogP contribution in [0.5, 0.6) is 11.5 Å². The first-order chi connectivity index (χ1) is 14.0. The zero-order chi connectivity index (χ0) is 20.8. The summed E-state index contributed by atoms with van der Waals surface area (Å²) in [6.45, 7) is 0.586. The number of methoxy groups -OCH3 is 1. The zero-order valence-corrected chi connectivity index (χ0v) is 16.0. The second-order valence-corrected chi connectivity index (χ2v) is 6.70. The van der Waals surface area contributed by atoms with Crippen LogP contribution in [0.15, 0.2) is 42.5 Å². The van der Waals surface area contributed by atoms with Gasteiger partial charge in [-0.15, -0.1) is 0 Å².